The van der Waals surface area contributed by atoms with E-state index in [0.29, 0.717) is 11.4 Å². The third-order valence-corrected chi connectivity index (χ3v) is 1.46. The Morgan fingerprint density at radius 1 is 1.00 bits per heavy atom. The number of hydrogen-bond acceptors (Lipinski definition) is 2. The van der Waals surface area contributed by atoms with Gasteiger partial charge >= 0.3 is 0 Å². The number of aliphatic imine (C=N–C) groups is 2. The van der Waals surface area contributed by atoms with Gasteiger partial charge < -0.3 is 0 Å². The predicted octanol–water partition coefficient (Wildman–Crippen LogP) is 3.31. The van der Waals surface area contributed by atoms with Gasteiger partial charge in [0.15, 0.2) is 0 Å². The van der Waals surface area contributed by atoms with Crippen LogP contribution in [0.15, 0.2) is 58.8 Å². The molecule has 0 aromatic carbocycles. The van der Waals surface area contributed by atoms with Crippen LogP contribution in [0.25, 0.3) is 0 Å². The molecule has 0 saturated carbocycles. The lowest BCUT2D eigenvalue weighted by atomic mass is 10.3. The molecule has 0 aliphatic rings. The summed E-state index contributed by atoms with van der Waals surface area (Å²) in [4.78, 5) is 8.18. The van der Waals surface area contributed by atoms with Crippen LogP contribution >= 0.6 is 0 Å². The first-order chi connectivity index (χ1) is 7.78. The van der Waals surface area contributed by atoms with Crippen molar-refractivity contribution in [1.82, 2.24) is 0 Å². The van der Waals surface area contributed by atoms with E-state index in [0.717, 1.165) is 0 Å². The predicted molar refractivity (Wildman–Crippen MR) is 72.7 cm³/mol. The molecule has 0 heterocycles. The summed E-state index contributed by atoms with van der Waals surface area (Å²) in [5, 5.41) is 0. The van der Waals surface area contributed by atoms with Gasteiger partial charge in [0.05, 0.1) is 0 Å². The van der Waals surface area contributed by atoms with Gasteiger partial charge in [-0.05, 0) is 31.8 Å². The molecule has 0 bridgehead atoms. The Balaban J connectivity index is 4.92. The molecule has 0 fully saturated rings. The molecule has 16 heavy (non-hydrogen) atoms. The summed E-state index contributed by atoms with van der Waals surface area (Å²) in [5.41, 5.74) is 1.34. The van der Waals surface area contributed by atoms with Crippen LogP contribution in [0.4, 0.5) is 0 Å². The highest BCUT2D eigenvalue weighted by Crippen LogP contribution is 1.98. The lowest BCUT2D eigenvalue weighted by Crippen LogP contribution is -1.76. The van der Waals surface area contributed by atoms with Crippen LogP contribution in [0.3, 0.4) is 0 Å². The van der Waals surface area contributed by atoms with Crippen LogP contribution < -0.4 is 0 Å². The van der Waals surface area contributed by atoms with Gasteiger partial charge in [-0.1, -0.05) is 31.4 Å². The van der Waals surface area contributed by atoms with Crippen LogP contribution in [-0.2, 0) is 0 Å². The van der Waals surface area contributed by atoms with Crippen LogP contribution in [-0.4, -0.2) is 12.4 Å². The third kappa shape index (κ3) is 6.33. The fraction of sp³-hybridized carbons (Fsp3) is 0.143. The van der Waals surface area contributed by atoms with E-state index in [2.05, 4.69) is 35.0 Å². The van der Waals surface area contributed by atoms with Gasteiger partial charge in [0, 0.05) is 12.4 Å². The average Bonchev–Trinajstić information content (AvgIpc) is 2.30. The lowest BCUT2D eigenvalue weighted by Gasteiger charge is -1.88. The van der Waals surface area contributed by atoms with E-state index in [1.165, 1.54) is 0 Å². The van der Waals surface area contributed by atoms with Crippen LogP contribution in [0.5, 0.6) is 0 Å². The van der Waals surface area contributed by atoms with Gasteiger partial charge in [-0.25, -0.2) is 4.99 Å². The number of nitrogens with zero attached hydrogens (tertiary/aromatic N) is 2. The summed E-state index contributed by atoms with van der Waals surface area (Å²) in [6.45, 7) is 10.9. The van der Waals surface area contributed by atoms with E-state index in [9.17, 15) is 0 Å². The molecule has 0 unspecified atom stereocenters. The second-order valence-corrected chi connectivity index (χ2v) is 2.61. The first-order valence-corrected chi connectivity index (χ1v) is 4.93. The summed E-state index contributed by atoms with van der Waals surface area (Å²) in [7, 11) is 0. The average molecular weight is 212 g/mol. The molecule has 0 amide bonds. The molecular formula is C14H16N2. The molecule has 0 aromatic heterocycles. The van der Waals surface area contributed by atoms with E-state index in [4.69, 9.17) is 0 Å². The zero-order valence-electron chi connectivity index (χ0n) is 9.77. The molecule has 0 spiro atoms. The largest absolute Gasteiger partial charge is 0.252 e. The molecule has 0 N–H and O–H groups in total. The SMILES string of the molecule is C=C/C=N\C(C#CC(=C/C=C)/N=C\C)=C/C. The van der Waals surface area contributed by atoms with Crippen molar-refractivity contribution in [1.29, 1.82) is 0 Å². The number of rotatable bonds is 4. The molecule has 0 saturated heterocycles. The first kappa shape index (κ1) is 13.9. The standard InChI is InChI=1S/C14H16N2/c1-5-9-14(15-8-4)11-10-13(7-3)16-12-6-2/h5-9,12H,1-2H2,3-4H3/b13-7-,14-9-,15-8-,16-12-. The zero-order valence-corrected chi connectivity index (χ0v) is 9.77. The van der Waals surface area contributed by atoms with Crippen molar-refractivity contribution in [3.8, 4) is 11.8 Å². The van der Waals surface area contributed by atoms with Crippen molar-refractivity contribution >= 4 is 12.4 Å². The Labute approximate surface area is 97.5 Å². The lowest BCUT2D eigenvalue weighted by molar-refractivity contribution is 1.42. The Morgan fingerprint density at radius 2 is 1.69 bits per heavy atom. The topological polar surface area (TPSA) is 24.7 Å². The van der Waals surface area contributed by atoms with E-state index in [-0.39, 0.29) is 0 Å². The van der Waals surface area contributed by atoms with Crippen molar-refractivity contribution < 1.29 is 0 Å². The quantitative estimate of drug-likeness (QED) is 0.388. The molecule has 0 rings (SSSR count). The molecular weight excluding hydrogens is 196 g/mol. The normalized spacial score (nSPS) is 12.6. The molecule has 2 nitrogen and oxygen atoms in total. The highest BCUT2D eigenvalue weighted by atomic mass is 14.7. The smallest absolute Gasteiger partial charge is 0.113 e. The monoisotopic (exact) mass is 212 g/mol. The van der Waals surface area contributed by atoms with Crippen molar-refractivity contribution in [3.63, 3.8) is 0 Å². The minimum atomic E-state index is 0.658. The Morgan fingerprint density at radius 3 is 2.19 bits per heavy atom. The molecule has 82 valence electrons. The minimum Gasteiger partial charge on any atom is -0.252 e. The molecule has 0 radical (unpaired) electrons. The van der Waals surface area contributed by atoms with Crippen LogP contribution in [0, 0.1) is 11.8 Å². The summed E-state index contributed by atoms with van der Waals surface area (Å²) < 4.78 is 0. The molecule has 2 heteroatoms. The van der Waals surface area contributed by atoms with Crippen molar-refractivity contribution in [2.24, 2.45) is 9.98 Å². The molecule has 0 atom stereocenters. The number of allylic oxidation sites excluding steroid dienone is 6. The highest BCUT2D eigenvalue weighted by Gasteiger charge is 1.85. The Kier molecular flexibility index (Phi) is 8.16. The van der Waals surface area contributed by atoms with Crippen molar-refractivity contribution in [2.45, 2.75) is 13.8 Å². The van der Waals surface area contributed by atoms with Gasteiger partial charge in [-0.2, -0.15) is 0 Å². The maximum Gasteiger partial charge on any atom is 0.113 e. The molecule has 0 aliphatic heterocycles. The fourth-order valence-electron chi connectivity index (χ4n) is 0.808. The Bertz CT molecular complexity index is 410. The van der Waals surface area contributed by atoms with E-state index in [1.54, 1.807) is 30.7 Å². The maximum absolute atomic E-state index is 4.09. The van der Waals surface area contributed by atoms with Crippen molar-refractivity contribution in [2.75, 3.05) is 0 Å². The Hall–Kier alpha value is -2.14. The second kappa shape index (κ2) is 9.42. The van der Waals surface area contributed by atoms with Gasteiger partial charge in [-0.15, -0.1) is 0 Å². The van der Waals surface area contributed by atoms with Gasteiger partial charge in [0.2, 0.25) is 0 Å². The summed E-state index contributed by atoms with van der Waals surface area (Å²) in [6, 6.07) is 0. The van der Waals surface area contributed by atoms with E-state index in [1.807, 2.05) is 19.9 Å². The maximum atomic E-state index is 4.09. The summed E-state index contributed by atoms with van der Waals surface area (Å²) in [6.07, 6.45) is 10.1. The molecule has 0 aromatic rings. The second-order valence-electron chi connectivity index (χ2n) is 2.61. The minimum absolute atomic E-state index is 0.658. The van der Waals surface area contributed by atoms with Crippen LogP contribution in [0.2, 0.25) is 0 Å². The summed E-state index contributed by atoms with van der Waals surface area (Å²) >= 11 is 0. The highest BCUT2D eigenvalue weighted by molar-refractivity contribution is 5.72. The van der Waals surface area contributed by atoms with Gasteiger partial charge in [0.1, 0.15) is 11.4 Å². The fourth-order valence-corrected chi connectivity index (χ4v) is 0.808. The van der Waals surface area contributed by atoms with Crippen molar-refractivity contribution in [3.05, 3.63) is 48.9 Å². The third-order valence-electron chi connectivity index (χ3n) is 1.46. The summed E-state index contributed by atoms with van der Waals surface area (Å²) in [5.74, 6) is 5.82. The first-order valence-electron chi connectivity index (χ1n) is 4.93. The van der Waals surface area contributed by atoms with E-state index < -0.39 is 0 Å². The van der Waals surface area contributed by atoms with Crippen LogP contribution in [0.1, 0.15) is 13.8 Å². The molecule has 0 aliphatic carbocycles. The van der Waals surface area contributed by atoms with E-state index >= 15 is 0 Å². The van der Waals surface area contributed by atoms with Gasteiger partial charge in [0.25, 0.3) is 0 Å². The number of hydrogen-bond donors (Lipinski definition) is 0. The zero-order chi connectivity index (χ0) is 12.2. The van der Waals surface area contributed by atoms with Gasteiger partial charge in [-0.3, -0.25) is 4.99 Å².